The van der Waals surface area contributed by atoms with Crippen LogP contribution in [0.4, 0.5) is 14.5 Å². The predicted octanol–water partition coefficient (Wildman–Crippen LogP) is 2.73. The van der Waals surface area contributed by atoms with Gasteiger partial charge in [0.15, 0.2) is 11.6 Å². The van der Waals surface area contributed by atoms with Crippen molar-refractivity contribution >= 4 is 23.4 Å². The van der Waals surface area contributed by atoms with E-state index in [0.717, 1.165) is 24.7 Å². The Bertz CT molecular complexity index is 537. The molecular weight excluding hydrogens is 322 g/mol. The van der Waals surface area contributed by atoms with Gasteiger partial charge in [0.1, 0.15) is 6.04 Å². The van der Waals surface area contributed by atoms with Crippen molar-refractivity contribution in [3.8, 4) is 0 Å². The van der Waals surface area contributed by atoms with Crippen LogP contribution in [0, 0.1) is 11.6 Å². The van der Waals surface area contributed by atoms with E-state index >= 15 is 0 Å². The van der Waals surface area contributed by atoms with Crippen molar-refractivity contribution in [3.05, 3.63) is 29.8 Å². The molecule has 4 nitrogen and oxygen atoms in total. The molecule has 23 heavy (non-hydrogen) atoms. The van der Waals surface area contributed by atoms with Gasteiger partial charge < -0.3 is 15.3 Å². The fraction of sp³-hybridized carbons (Fsp3) is 0.562. The van der Waals surface area contributed by atoms with Crippen molar-refractivity contribution in [3.63, 3.8) is 0 Å². The normalized spacial score (nSPS) is 17.3. The van der Waals surface area contributed by atoms with Crippen molar-refractivity contribution in [2.75, 3.05) is 30.0 Å². The average molecular weight is 344 g/mol. The number of carboxylic acid groups (broad SMARTS) is 1. The van der Waals surface area contributed by atoms with Crippen LogP contribution in [0.2, 0.25) is 0 Å². The number of piperidine rings is 1. The third-order valence-electron chi connectivity index (χ3n) is 4.11. The van der Waals surface area contributed by atoms with E-state index in [2.05, 4.69) is 5.32 Å². The summed E-state index contributed by atoms with van der Waals surface area (Å²) >= 11 is 1.63. The molecule has 1 aliphatic rings. The summed E-state index contributed by atoms with van der Waals surface area (Å²) in [6.07, 6.45) is 4.11. The first kappa shape index (κ1) is 18.0. The second-order valence-electron chi connectivity index (χ2n) is 5.70. The molecule has 1 atom stereocenters. The average Bonchev–Trinajstić information content (AvgIpc) is 2.54. The Morgan fingerprint density at radius 1 is 1.39 bits per heavy atom. The molecule has 0 spiro atoms. The molecule has 0 aromatic heterocycles. The molecule has 2 N–H and O–H groups in total. The third-order valence-corrected chi connectivity index (χ3v) is 4.75. The van der Waals surface area contributed by atoms with Crippen molar-refractivity contribution in [2.24, 2.45) is 0 Å². The molecule has 0 bridgehead atoms. The molecule has 128 valence electrons. The smallest absolute Gasteiger partial charge is 0.320 e. The van der Waals surface area contributed by atoms with Crippen LogP contribution in [0.15, 0.2) is 18.2 Å². The lowest BCUT2D eigenvalue weighted by Crippen LogP contribution is -2.49. The highest BCUT2D eigenvalue weighted by atomic mass is 32.2. The maximum atomic E-state index is 13.3. The highest BCUT2D eigenvalue weighted by molar-refractivity contribution is 7.98. The summed E-state index contributed by atoms with van der Waals surface area (Å²) in [6.45, 7) is 1.38. The number of hydrogen-bond donors (Lipinski definition) is 2. The lowest BCUT2D eigenvalue weighted by atomic mass is 10.0. The van der Waals surface area contributed by atoms with Crippen LogP contribution < -0.4 is 10.2 Å². The first-order valence-corrected chi connectivity index (χ1v) is 9.08. The van der Waals surface area contributed by atoms with Crippen LogP contribution in [0.3, 0.4) is 0 Å². The molecule has 0 radical (unpaired) electrons. The fourth-order valence-corrected chi connectivity index (χ4v) is 3.26. The van der Waals surface area contributed by atoms with Gasteiger partial charge in [-0.15, -0.1) is 0 Å². The largest absolute Gasteiger partial charge is 0.480 e. The first-order valence-electron chi connectivity index (χ1n) is 7.69. The van der Waals surface area contributed by atoms with E-state index in [9.17, 15) is 18.7 Å². The van der Waals surface area contributed by atoms with Gasteiger partial charge in [-0.3, -0.25) is 4.79 Å². The first-order chi connectivity index (χ1) is 11.0. The predicted molar refractivity (Wildman–Crippen MR) is 89.2 cm³/mol. The Morgan fingerprint density at radius 3 is 2.65 bits per heavy atom. The SMILES string of the molecule is CSCCC(NC1CCN(c2ccc(F)c(F)c2)CC1)C(=O)O. The van der Waals surface area contributed by atoms with Crippen LogP contribution in [-0.4, -0.2) is 48.3 Å². The number of anilines is 1. The molecule has 0 aliphatic carbocycles. The molecule has 1 unspecified atom stereocenters. The number of nitrogens with zero attached hydrogens (tertiary/aromatic N) is 1. The van der Waals surface area contributed by atoms with Gasteiger partial charge in [-0.25, -0.2) is 8.78 Å². The fourth-order valence-electron chi connectivity index (χ4n) is 2.78. The molecule has 0 saturated carbocycles. The van der Waals surface area contributed by atoms with E-state index in [4.69, 9.17) is 0 Å². The summed E-state index contributed by atoms with van der Waals surface area (Å²) in [5, 5.41) is 12.5. The summed E-state index contributed by atoms with van der Waals surface area (Å²) in [4.78, 5) is 13.3. The van der Waals surface area contributed by atoms with E-state index in [1.165, 1.54) is 6.07 Å². The van der Waals surface area contributed by atoms with Crippen molar-refractivity contribution in [1.82, 2.24) is 5.32 Å². The number of carbonyl (C=O) groups is 1. The minimum Gasteiger partial charge on any atom is -0.480 e. The second-order valence-corrected chi connectivity index (χ2v) is 6.68. The van der Waals surface area contributed by atoms with E-state index in [1.807, 2.05) is 11.2 Å². The van der Waals surface area contributed by atoms with Crippen LogP contribution in [0.5, 0.6) is 0 Å². The zero-order valence-corrected chi connectivity index (χ0v) is 13.9. The summed E-state index contributed by atoms with van der Waals surface area (Å²) in [5.74, 6) is -1.70. The summed E-state index contributed by atoms with van der Waals surface area (Å²) in [7, 11) is 0. The zero-order valence-electron chi connectivity index (χ0n) is 13.1. The monoisotopic (exact) mass is 344 g/mol. The molecule has 1 aromatic carbocycles. The number of hydrogen-bond acceptors (Lipinski definition) is 4. The van der Waals surface area contributed by atoms with Crippen molar-refractivity contribution in [1.29, 1.82) is 0 Å². The molecule has 7 heteroatoms. The van der Waals surface area contributed by atoms with Gasteiger partial charge in [0.05, 0.1) is 0 Å². The second kappa shape index (κ2) is 8.49. The van der Waals surface area contributed by atoms with Crippen LogP contribution >= 0.6 is 11.8 Å². The van der Waals surface area contributed by atoms with Crippen molar-refractivity contribution < 1.29 is 18.7 Å². The highest BCUT2D eigenvalue weighted by Crippen LogP contribution is 2.22. The Balaban J connectivity index is 1.87. The van der Waals surface area contributed by atoms with Gasteiger partial charge in [0.25, 0.3) is 0 Å². The number of rotatable bonds is 7. The Kier molecular flexibility index (Phi) is 6.65. The van der Waals surface area contributed by atoms with Crippen molar-refractivity contribution in [2.45, 2.75) is 31.3 Å². The lowest BCUT2D eigenvalue weighted by Gasteiger charge is -2.35. The van der Waals surface area contributed by atoms with Crippen LogP contribution in [-0.2, 0) is 4.79 Å². The molecule has 1 aliphatic heterocycles. The summed E-state index contributed by atoms with van der Waals surface area (Å²) in [6, 6.07) is 3.53. The number of carboxylic acids is 1. The molecule has 1 fully saturated rings. The molecular formula is C16H22F2N2O2S. The quantitative estimate of drug-likeness (QED) is 0.797. The van der Waals surface area contributed by atoms with E-state index in [0.29, 0.717) is 25.2 Å². The Morgan fingerprint density at radius 2 is 2.09 bits per heavy atom. The number of benzene rings is 1. The van der Waals surface area contributed by atoms with Crippen LogP contribution in [0.1, 0.15) is 19.3 Å². The highest BCUT2D eigenvalue weighted by Gasteiger charge is 2.25. The van der Waals surface area contributed by atoms with Gasteiger partial charge >= 0.3 is 5.97 Å². The Labute approximate surface area is 139 Å². The molecule has 1 saturated heterocycles. The number of halogens is 2. The summed E-state index contributed by atoms with van der Waals surface area (Å²) < 4.78 is 26.3. The number of aliphatic carboxylic acids is 1. The van der Waals surface area contributed by atoms with Gasteiger partial charge in [0, 0.05) is 30.9 Å². The number of nitrogens with one attached hydrogen (secondary N) is 1. The van der Waals surface area contributed by atoms with Gasteiger partial charge in [-0.2, -0.15) is 11.8 Å². The van der Waals surface area contributed by atoms with Gasteiger partial charge in [-0.05, 0) is 43.4 Å². The van der Waals surface area contributed by atoms with E-state index in [-0.39, 0.29) is 6.04 Å². The minimum atomic E-state index is -0.844. The van der Waals surface area contributed by atoms with E-state index < -0.39 is 23.6 Å². The summed E-state index contributed by atoms with van der Waals surface area (Å²) in [5.41, 5.74) is 0.666. The molecule has 1 heterocycles. The standard InChI is InChI=1S/C16H22F2N2O2S/c1-23-9-6-15(16(21)22)19-11-4-7-20(8-5-11)12-2-3-13(17)14(18)10-12/h2-3,10-11,15,19H,4-9H2,1H3,(H,21,22). The van der Waals surface area contributed by atoms with Crippen LogP contribution in [0.25, 0.3) is 0 Å². The Hall–Kier alpha value is -1.34. The lowest BCUT2D eigenvalue weighted by molar-refractivity contribution is -0.139. The van der Waals surface area contributed by atoms with E-state index in [1.54, 1.807) is 17.8 Å². The topological polar surface area (TPSA) is 52.6 Å². The zero-order chi connectivity index (χ0) is 16.8. The van der Waals surface area contributed by atoms with Gasteiger partial charge in [0.2, 0.25) is 0 Å². The van der Waals surface area contributed by atoms with Gasteiger partial charge in [-0.1, -0.05) is 0 Å². The molecule has 2 rings (SSSR count). The minimum absolute atomic E-state index is 0.138. The number of thioether (sulfide) groups is 1. The third kappa shape index (κ3) is 5.07. The molecule has 1 aromatic rings. The maximum Gasteiger partial charge on any atom is 0.320 e. The maximum absolute atomic E-state index is 13.3. The molecule has 0 amide bonds.